The predicted octanol–water partition coefficient (Wildman–Crippen LogP) is 3.48. The first-order valence-electron chi connectivity index (χ1n) is 9.80. The van der Waals surface area contributed by atoms with E-state index in [9.17, 15) is 4.79 Å². The van der Waals surface area contributed by atoms with Gasteiger partial charge >= 0.3 is 6.03 Å². The lowest BCUT2D eigenvalue weighted by Crippen LogP contribution is -2.47. The average molecular weight is 378 g/mol. The molecule has 1 fully saturated rings. The first kappa shape index (κ1) is 18.4. The molecular weight excluding hydrogens is 352 g/mol. The van der Waals surface area contributed by atoms with Crippen LogP contribution in [0, 0.1) is 0 Å². The summed E-state index contributed by atoms with van der Waals surface area (Å²) in [6.07, 6.45) is 3.54. The van der Waals surface area contributed by atoms with Gasteiger partial charge in [-0.05, 0) is 37.1 Å². The van der Waals surface area contributed by atoms with E-state index < -0.39 is 0 Å². The van der Waals surface area contributed by atoms with E-state index in [-0.39, 0.29) is 6.03 Å². The molecule has 4 rings (SSSR count). The highest BCUT2D eigenvalue weighted by atomic mass is 16.2. The van der Waals surface area contributed by atoms with E-state index in [0.717, 1.165) is 25.0 Å². The third-order valence-electron chi connectivity index (χ3n) is 5.40. The molecule has 0 radical (unpaired) electrons. The van der Waals surface area contributed by atoms with Gasteiger partial charge in [0.25, 0.3) is 0 Å². The summed E-state index contributed by atoms with van der Waals surface area (Å²) in [7, 11) is 1.85. The van der Waals surface area contributed by atoms with Gasteiger partial charge in [0, 0.05) is 26.2 Å². The molecule has 0 unspecified atom stereocenters. The number of likely N-dealkylation sites (tertiary alicyclic amines) is 1. The highest BCUT2D eigenvalue weighted by Crippen LogP contribution is 2.22. The largest absolute Gasteiger partial charge is 0.326 e. The number of H-pyrrole nitrogens is 1. The lowest BCUT2D eigenvalue weighted by atomic mass is 10.0. The summed E-state index contributed by atoms with van der Waals surface area (Å²) in [5.41, 5.74) is 3.40. The van der Waals surface area contributed by atoms with Gasteiger partial charge in [-0.15, -0.1) is 0 Å². The molecule has 1 aliphatic heterocycles. The smallest absolute Gasteiger partial charge is 0.321 e. The van der Waals surface area contributed by atoms with Gasteiger partial charge in [0.05, 0.1) is 5.69 Å². The van der Waals surface area contributed by atoms with Gasteiger partial charge in [0.1, 0.15) is 11.0 Å². The van der Waals surface area contributed by atoms with Crippen molar-refractivity contribution >= 4 is 22.8 Å². The summed E-state index contributed by atoms with van der Waals surface area (Å²) in [5.74, 6) is 0. The molecule has 1 aromatic heterocycles. The normalized spacial score (nSPS) is 17.5. The average Bonchev–Trinajstić information content (AvgIpc) is 3.20. The zero-order valence-corrected chi connectivity index (χ0v) is 16.1. The Labute approximate surface area is 164 Å². The van der Waals surface area contributed by atoms with E-state index in [2.05, 4.69) is 49.9 Å². The van der Waals surface area contributed by atoms with Crippen LogP contribution in [-0.4, -0.2) is 57.4 Å². The number of carbonyl (C=O) groups is 1. The van der Waals surface area contributed by atoms with Gasteiger partial charge in [-0.2, -0.15) is 15.4 Å². The molecule has 7 heteroatoms. The number of urea groups is 1. The number of nitrogens with zero attached hydrogens (tertiary/aromatic N) is 4. The first-order chi connectivity index (χ1) is 13.7. The van der Waals surface area contributed by atoms with Gasteiger partial charge in [-0.3, -0.25) is 4.90 Å². The molecule has 28 heavy (non-hydrogen) atoms. The van der Waals surface area contributed by atoms with Crippen molar-refractivity contribution in [1.29, 1.82) is 0 Å². The topological polar surface area (TPSA) is 77.1 Å². The second-order valence-corrected chi connectivity index (χ2v) is 7.41. The molecule has 2 amide bonds. The number of piperidine rings is 1. The summed E-state index contributed by atoms with van der Waals surface area (Å²) in [6, 6.07) is 16.4. The maximum atomic E-state index is 12.8. The summed E-state index contributed by atoms with van der Waals surface area (Å²) in [6.45, 7) is 2.71. The van der Waals surface area contributed by atoms with E-state index >= 15 is 0 Å². The number of fused-ring (bicyclic) bond motifs is 1. The number of amides is 2. The molecule has 1 atom stereocenters. The van der Waals surface area contributed by atoms with Gasteiger partial charge in [0.15, 0.2) is 0 Å². The molecule has 0 aliphatic carbocycles. The molecule has 2 heterocycles. The minimum absolute atomic E-state index is 0.124. The monoisotopic (exact) mass is 378 g/mol. The highest BCUT2D eigenvalue weighted by Gasteiger charge is 2.25. The predicted molar refractivity (Wildman–Crippen MR) is 110 cm³/mol. The summed E-state index contributed by atoms with van der Waals surface area (Å²) in [4.78, 5) is 17.0. The van der Waals surface area contributed by atoms with Crippen molar-refractivity contribution in [2.24, 2.45) is 0 Å². The van der Waals surface area contributed by atoms with Crippen LogP contribution >= 0.6 is 0 Å². The van der Waals surface area contributed by atoms with Crippen LogP contribution in [0.1, 0.15) is 24.8 Å². The van der Waals surface area contributed by atoms with E-state index in [1.807, 2.05) is 31.3 Å². The van der Waals surface area contributed by atoms with E-state index in [1.165, 1.54) is 18.4 Å². The fourth-order valence-corrected chi connectivity index (χ4v) is 3.87. The van der Waals surface area contributed by atoms with E-state index in [4.69, 9.17) is 0 Å². The van der Waals surface area contributed by atoms with Crippen LogP contribution in [0.4, 0.5) is 10.5 Å². The molecular formula is C21H26N6O. The lowest BCUT2D eigenvalue weighted by molar-refractivity contribution is 0.115. The summed E-state index contributed by atoms with van der Waals surface area (Å²) < 4.78 is 0. The van der Waals surface area contributed by atoms with Crippen molar-refractivity contribution in [1.82, 2.24) is 25.2 Å². The van der Waals surface area contributed by atoms with Crippen LogP contribution in [0.3, 0.4) is 0 Å². The third-order valence-corrected chi connectivity index (χ3v) is 5.40. The van der Waals surface area contributed by atoms with Gasteiger partial charge in [0.2, 0.25) is 0 Å². The Kier molecular flexibility index (Phi) is 5.53. The van der Waals surface area contributed by atoms with Gasteiger partial charge in [-0.25, -0.2) is 4.79 Å². The van der Waals surface area contributed by atoms with Crippen LogP contribution in [-0.2, 0) is 6.54 Å². The first-order valence-corrected chi connectivity index (χ1v) is 9.80. The van der Waals surface area contributed by atoms with Crippen LogP contribution < -0.4 is 5.32 Å². The van der Waals surface area contributed by atoms with Crippen molar-refractivity contribution in [3.8, 4) is 0 Å². The van der Waals surface area contributed by atoms with Crippen LogP contribution in [0.2, 0.25) is 0 Å². The maximum absolute atomic E-state index is 12.8. The molecule has 3 aromatic rings. The van der Waals surface area contributed by atoms with Crippen molar-refractivity contribution in [3.63, 3.8) is 0 Å². The minimum Gasteiger partial charge on any atom is -0.326 e. The number of anilines is 1. The van der Waals surface area contributed by atoms with Crippen molar-refractivity contribution in [2.45, 2.75) is 31.8 Å². The molecule has 1 aliphatic rings. The van der Waals surface area contributed by atoms with Crippen LogP contribution in [0.15, 0.2) is 48.5 Å². The Hall–Kier alpha value is -2.93. The fraction of sp³-hybridized carbons (Fsp3) is 0.381. The molecule has 0 spiro atoms. The Morgan fingerprint density at radius 3 is 2.89 bits per heavy atom. The zero-order valence-electron chi connectivity index (χ0n) is 16.1. The Balaban J connectivity index is 1.40. The fourth-order valence-electron chi connectivity index (χ4n) is 3.87. The maximum Gasteiger partial charge on any atom is 0.321 e. The minimum atomic E-state index is -0.124. The number of para-hydroxylation sites is 1. The second kappa shape index (κ2) is 8.39. The molecule has 0 saturated carbocycles. The Morgan fingerprint density at radius 1 is 1.18 bits per heavy atom. The Bertz CT molecular complexity index is 925. The molecule has 2 N–H and O–H groups in total. The lowest BCUT2D eigenvalue weighted by Gasteiger charge is -2.37. The summed E-state index contributed by atoms with van der Waals surface area (Å²) >= 11 is 0. The molecule has 7 nitrogen and oxygen atoms in total. The number of likely N-dealkylation sites (N-methyl/N-ethyl adjacent to an activating group) is 1. The second-order valence-electron chi connectivity index (χ2n) is 7.41. The van der Waals surface area contributed by atoms with E-state index in [0.29, 0.717) is 23.8 Å². The number of rotatable bonds is 5. The number of hydrogen-bond acceptors (Lipinski definition) is 4. The standard InChI is InChI=1S/C21H26N6O/c1-26(21(28)22-18-11-7-12-19-20(18)24-25-23-19)15-17-10-5-6-13-27(17)14-16-8-3-2-4-9-16/h2-4,7-9,11-12,17H,5-6,10,13-15H2,1H3,(H,22,28)(H,23,24,25)/t17-/m1/s1. The number of aromatic amines is 1. The number of hydrogen-bond donors (Lipinski definition) is 2. The van der Waals surface area contributed by atoms with Crippen LogP contribution in [0.5, 0.6) is 0 Å². The number of aromatic nitrogens is 3. The molecule has 2 aromatic carbocycles. The SMILES string of the molecule is CN(C[C@H]1CCCCN1Cc1ccccc1)C(=O)Nc1cccc2n[nH]nc12. The quantitative estimate of drug-likeness (QED) is 0.713. The number of carbonyl (C=O) groups excluding carboxylic acids is 1. The highest BCUT2D eigenvalue weighted by molar-refractivity contribution is 5.98. The Morgan fingerprint density at radius 2 is 2.04 bits per heavy atom. The summed E-state index contributed by atoms with van der Waals surface area (Å²) in [5, 5.41) is 13.8. The number of nitrogens with one attached hydrogen (secondary N) is 2. The van der Waals surface area contributed by atoms with Gasteiger partial charge in [-0.1, -0.05) is 42.8 Å². The third kappa shape index (κ3) is 4.14. The van der Waals surface area contributed by atoms with Crippen molar-refractivity contribution in [3.05, 3.63) is 54.1 Å². The molecule has 0 bridgehead atoms. The zero-order chi connectivity index (χ0) is 19.3. The van der Waals surface area contributed by atoms with Crippen molar-refractivity contribution < 1.29 is 4.79 Å². The van der Waals surface area contributed by atoms with Crippen LogP contribution in [0.25, 0.3) is 11.0 Å². The van der Waals surface area contributed by atoms with Gasteiger partial charge < -0.3 is 10.2 Å². The van der Waals surface area contributed by atoms with E-state index in [1.54, 1.807) is 4.90 Å². The number of benzene rings is 2. The van der Waals surface area contributed by atoms with Crippen molar-refractivity contribution in [2.75, 3.05) is 25.5 Å². The molecule has 1 saturated heterocycles. The molecule has 146 valence electrons.